The van der Waals surface area contributed by atoms with Crippen LogP contribution in [0.25, 0.3) is 0 Å². The fraction of sp³-hybridized carbons (Fsp3) is 0.750. The Hall–Kier alpha value is -2.69. The molecule has 0 aromatic heterocycles. The number of rotatable bonds is 14. The Bertz CT molecular complexity index is 631. The van der Waals surface area contributed by atoms with Gasteiger partial charge in [0.05, 0.1) is 0 Å². The first-order valence-corrected chi connectivity index (χ1v) is 10.3. The smallest absolute Gasteiger partial charge is 0.348 e. The van der Waals surface area contributed by atoms with Gasteiger partial charge in [-0.3, -0.25) is 0 Å². The Morgan fingerprint density at radius 1 is 0.548 bits per heavy atom. The number of carbonyl (C=O) groups excluding carboxylic acids is 4. The molecule has 0 aliphatic carbocycles. The number of carbonyl (C=O) groups is 5. The molecule has 0 saturated heterocycles. The predicted molar refractivity (Wildman–Crippen MR) is 105 cm³/mol. The van der Waals surface area contributed by atoms with Gasteiger partial charge in [-0.2, -0.15) is 0 Å². The number of carboxylic acids is 1. The molecule has 0 fully saturated rings. The van der Waals surface area contributed by atoms with Gasteiger partial charge in [-0.1, -0.05) is 34.6 Å². The van der Waals surface area contributed by atoms with E-state index in [0.29, 0.717) is 0 Å². The first-order valence-electron chi connectivity index (χ1n) is 10.3. The first kappa shape index (κ1) is 28.3. The van der Waals surface area contributed by atoms with Crippen LogP contribution in [0.4, 0.5) is 0 Å². The van der Waals surface area contributed by atoms with Crippen molar-refractivity contribution < 1.29 is 53.1 Å². The molecular formula is C20H32O11. The molecule has 178 valence electrons. The summed E-state index contributed by atoms with van der Waals surface area (Å²) in [4.78, 5) is 59.5. The third-order valence-corrected chi connectivity index (χ3v) is 4.24. The zero-order valence-electron chi connectivity index (χ0n) is 18.5. The lowest BCUT2D eigenvalue weighted by molar-refractivity contribution is -0.188. The van der Waals surface area contributed by atoms with Gasteiger partial charge in [0.2, 0.25) is 0 Å². The van der Waals surface area contributed by atoms with Gasteiger partial charge in [-0.25, -0.2) is 24.0 Å². The number of hydrogen-bond donors (Lipinski definition) is 2. The van der Waals surface area contributed by atoms with Gasteiger partial charge in [0.1, 0.15) is 0 Å². The number of ether oxygens (including phenoxy) is 4. The standard InChI is InChI=1S/C20H32O11/c1-6-11(21)17(24)29-13(8-3)19(26)31-15(10-5)20(27)30-14(9-4)18(25)28-12(7-2)16(22)23/h11-15,21H,6-10H2,1-5H3,(H,22,23)/t11-,12-,13-,14-,15-/m0/s1. The van der Waals surface area contributed by atoms with Gasteiger partial charge in [-0.15, -0.1) is 0 Å². The molecule has 0 amide bonds. The second kappa shape index (κ2) is 14.3. The van der Waals surface area contributed by atoms with Crippen LogP contribution in [-0.4, -0.2) is 70.6 Å². The summed E-state index contributed by atoms with van der Waals surface area (Å²) < 4.78 is 19.9. The summed E-state index contributed by atoms with van der Waals surface area (Å²) in [5, 5.41) is 18.5. The molecule has 0 aliphatic heterocycles. The second-order valence-electron chi connectivity index (χ2n) is 6.60. The van der Waals surface area contributed by atoms with Crippen molar-refractivity contribution in [3.05, 3.63) is 0 Å². The summed E-state index contributed by atoms with van der Waals surface area (Å²) in [5.41, 5.74) is 0. The molecule has 0 bridgehead atoms. The van der Waals surface area contributed by atoms with Crippen LogP contribution in [0, 0.1) is 0 Å². The van der Waals surface area contributed by atoms with E-state index in [2.05, 4.69) is 0 Å². The fourth-order valence-electron chi connectivity index (χ4n) is 2.24. The largest absolute Gasteiger partial charge is 0.479 e. The van der Waals surface area contributed by atoms with Gasteiger partial charge in [0.15, 0.2) is 30.5 Å². The molecule has 0 aromatic rings. The molecule has 5 atom stereocenters. The molecule has 0 saturated carbocycles. The third kappa shape index (κ3) is 9.33. The van der Waals surface area contributed by atoms with E-state index < -0.39 is 60.4 Å². The summed E-state index contributed by atoms with van der Waals surface area (Å²) in [6.45, 7) is 7.68. The highest BCUT2D eigenvalue weighted by Crippen LogP contribution is 2.13. The fourth-order valence-corrected chi connectivity index (χ4v) is 2.24. The van der Waals surface area contributed by atoms with Crippen molar-refractivity contribution in [3.63, 3.8) is 0 Å². The Balaban J connectivity index is 5.07. The third-order valence-electron chi connectivity index (χ3n) is 4.24. The maximum Gasteiger partial charge on any atom is 0.348 e. The minimum atomic E-state index is -1.39. The minimum absolute atomic E-state index is 0.00469. The van der Waals surface area contributed by atoms with Gasteiger partial charge in [-0.05, 0) is 32.1 Å². The van der Waals surface area contributed by atoms with Gasteiger partial charge in [0, 0.05) is 0 Å². The zero-order chi connectivity index (χ0) is 24.1. The Kier molecular flexibility index (Phi) is 13.1. The minimum Gasteiger partial charge on any atom is -0.479 e. The van der Waals surface area contributed by atoms with Gasteiger partial charge < -0.3 is 29.2 Å². The Morgan fingerprint density at radius 3 is 1.10 bits per heavy atom. The van der Waals surface area contributed by atoms with Crippen LogP contribution in [0.15, 0.2) is 0 Å². The number of esters is 4. The lowest BCUT2D eigenvalue weighted by Crippen LogP contribution is -2.40. The van der Waals surface area contributed by atoms with Crippen molar-refractivity contribution in [2.24, 2.45) is 0 Å². The van der Waals surface area contributed by atoms with E-state index >= 15 is 0 Å². The van der Waals surface area contributed by atoms with Crippen LogP contribution in [-0.2, 0) is 42.9 Å². The molecule has 0 aromatic carbocycles. The second-order valence-corrected chi connectivity index (χ2v) is 6.60. The van der Waals surface area contributed by atoms with E-state index in [1.54, 1.807) is 13.8 Å². The van der Waals surface area contributed by atoms with E-state index in [-0.39, 0.29) is 32.1 Å². The highest BCUT2D eigenvalue weighted by Gasteiger charge is 2.34. The number of aliphatic carboxylic acids is 1. The zero-order valence-corrected chi connectivity index (χ0v) is 18.5. The molecule has 0 heterocycles. The van der Waals surface area contributed by atoms with E-state index in [1.807, 2.05) is 0 Å². The molecular weight excluding hydrogens is 416 g/mol. The van der Waals surface area contributed by atoms with Crippen molar-refractivity contribution in [1.82, 2.24) is 0 Å². The van der Waals surface area contributed by atoms with Crippen LogP contribution < -0.4 is 0 Å². The average Bonchev–Trinajstić information content (AvgIpc) is 2.75. The molecule has 0 radical (unpaired) electrons. The molecule has 2 N–H and O–H groups in total. The molecule has 0 aliphatic rings. The van der Waals surface area contributed by atoms with Crippen LogP contribution in [0.2, 0.25) is 0 Å². The summed E-state index contributed by atoms with van der Waals surface area (Å²) in [6, 6.07) is 0. The Morgan fingerprint density at radius 2 is 0.839 bits per heavy atom. The van der Waals surface area contributed by atoms with Crippen molar-refractivity contribution in [2.75, 3.05) is 0 Å². The van der Waals surface area contributed by atoms with Gasteiger partial charge >= 0.3 is 29.8 Å². The van der Waals surface area contributed by atoms with E-state index in [0.717, 1.165) is 0 Å². The number of aliphatic hydroxyl groups excluding tert-OH is 1. The maximum absolute atomic E-state index is 12.4. The molecule has 11 nitrogen and oxygen atoms in total. The number of aliphatic hydroxyl groups is 1. The van der Waals surface area contributed by atoms with Crippen LogP contribution in [0.3, 0.4) is 0 Å². The van der Waals surface area contributed by atoms with E-state index in [9.17, 15) is 29.1 Å². The van der Waals surface area contributed by atoms with Crippen molar-refractivity contribution in [1.29, 1.82) is 0 Å². The summed E-state index contributed by atoms with van der Waals surface area (Å²) in [7, 11) is 0. The summed E-state index contributed by atoms with van der Waals surface area (Å²) in [6.07, 6.45) is -6.67. The van der Waals surface area contributed by atoms with Crippen molar-refractivity contribution in [2.45, 2.75) is 97.2 Å². The Labute approximate surface area is 181 Å². The van der Waals surface area contributed by atoms with Crippen LogP contribution in [0.1, 0.15) is 66.7 Å². The summed E-state index contributed by atoms with van der Waals surface area (Å²) in [5.74, 6) is -5.38. The monoisotopic (exact) mass is 448 g/mol. The maximum atomic E-state index is 12.4. The highest BCUT2D eigenvalue weighted by molar-refractivity contribution is 5.86. The number of carboxylic acid groups (broad SMARTS) is 1. The van der Waals surface area contributed by atoms with Crippen LogP contribution >= 0.6 is 0 Å². The number of hydrogen-bond acceptors (Lipinski definition) is 10. The topological polar surface area (TPSA) is 163 Å². The molecule has 0 rings (SSSR count). The molecule has 0 spiro atoms. The highest BCUT2D eigenvalue weighted by atomic mass is 16.6. The normalized spacial score (nSPS) is 15.5. The SMILES string of the molecule is CC[C@H](OC(=O)[C@H](CC)OC(=O)[C@H](CC)OC(=O)[C@H](CC)OC(=O)[C@@H](O)CC)C(=O)O. The molecule has 0 unspecified atom stereocenters. The predicted octanol–water partition coefficient (Wildman–Crippen LogP) is 1.13. The lowest BCUT2D eigenvalue weighted by atomic mass is 10.2. The van der Waals surface area contributed by atoms with Crippen LogP contribution in [0.5, 0.6) is 0 Å². The van der Waals surface area contributed by atoms with Crippen molar-refractivity contribution in [3.8, 4) is 0 Å². The molecule has 11 heteroatoms. The first-order chi connectivity index (χ1) is 14.6. The lowest BCUT2D eigenvalue weighted by Gasteiger charge is -2.23. The van der Waals surface area contributed by atoms with Gasteiger partial charge in [0.25, 0.3) is 0 Å². The van der Waals surface area contributed by atoms with E-state index in [1.165, 1.54) is 20.8 Å². The quantitative estimate of drug-likeness (QED) is 0.289. The summed E-state index contributed by atoms with van der Waals surface area (Å²) >= 11 is 0. The van der Waals surface area contributed by atoms with Crippen molar-refractivity contribution >= 4 is 29.8 Å². The van der Waals surface area contributed by atoms with E-state index in [4.69, 9.17) is 24.1 Å². The molecule has 31 heavy (non-hydrogen) atoms. The average molecular weight is 448 g/mol.